The third-order valence-corrected chi connectivity index (χ3v) is 4.33. The molecule has 0 radical (unpaired) electrons. The van der Waals surface area contributed by atoms with Gasteiger partial charge in [0, 0.05) is 20.7 Å². The van der Waals surface area contributed by atoms with Gasteiger partial charge in [-0.2, -0.15) is 5.10 Å². The van der Waals surface area contributed by atoms with Gasteiger partial charge in [-0.1, -0.05) is 19.6 Å². The topological polar surface area (TPSA) is 70.4 Å². The van der Waals surface area contributed by atoms with Crippen LogP contribution in [0.25, 0.3) is 0 Å². The molecule has 1 aromatic rings. The van der Waals surface area contributed by atoms with Crippen molar-refractivity contribution < 1.29 is 19.1 Å². The van der Waals surface area contributed by atoms with Crippen molar-refractivity contribution in [2.75, 3.05) is 13.2 Å². The zero-order valence-corrected chi connectivity index (χ0v) is 13.5. The minimum atomic E-state index is -1.14. The summed E-state index contributed by atoms with van der Waals surface area (Å²) in [4.78, 5) is 22.5. The molecule has 1 rings (SSSR count). The van der Waals surface area contributed by atoms with Gasteiger partial charge in [0.25, 0.3) is 0 Å². The van der Waals surface area contributed by atoms with E-state index in [4.69, 9.17) is 9.47 Å². The van der Waals surface area contributed by atoms with E-state index in [1.54, 1.807) is 6.92 Å². The zero-order chi connectivity index (χ0) is 15.2. The second-order valence-corrected chi connectivity index (χ2v) is 11.3. The summed E-state index contributed by atoms with van der Waals surface area (Å²) in [6.07, 6.45) is 0.650. The third kappa shape index (κ3) is 5.26. The minimum absolute atomic E-state index is 0.128. The van der Waals surface area contributed by atoms with E-state index >= 15 is 0 Å². The van der Waals surface area contributed by atoms with E-state index in [1.807, 2.05) is 0 Å². The molecule has 0 spiro atoms. The molecule has 1 aromatic heterocycles. The number of aldehydes is 1. The Balaban J connectivity index is 2.61. The molecule has 1 heterocycles. The van der Waals surface area contributed by atoms with Crippen LogP contribution in [0.2, 0.25) is 25.7 Å². The van der Waals surface area contributed by atoms with Gasteiger partial charge in [0.1, 0.15) is 12.4 Å². The van der Waals surface area contributed by atoms with Crippen molar-refractivity contribution in [3.05, 3.63) is 17.5 Å². The molecule has 0 fully saturated rings. The Hall–Kier alpha value is -1.47. The van der Waals surface area contributed by atoms with Gasteiger partial charge in [0.05, 0.1) is 6.61 Å². The monoisotopic (exact) mass is 298 g/mol. The molecular formula is C13H22N2O4Si. The number of carbonyl (C=O) groups is 2. The van der Waals surface area contributed by atoms with Crippen molar-refractivity contribution in [2.24, 2.45) is 0 Å². The largest absolute Gasteiger partial charge is 0.461 e. The Labute approximate surface area is 120 Å². The molecule has 0 N–H and O–H groups in total. The predicted molar refractivity (Wildman–Crippen MR) is 77.7 cm³/mol. The van der Waals surface area contributed by atoms with Crippen LogP contribution in [-0.2, 0) is 16.2 Å². The Bertz CT molecular complexity index is 465. The second kappa shape index (κ2) is 7.35. The molecule has 0 aromatic carbocycles. The fraction of sp³-hybridized carbons (Fsp3) is 0.615. The molecule has 0 aliphatic carbocycles. The first-order chi connectivity index (χ1) is 9.37. The molecule has 0 unspecified atom stereocenters. The summed E-state index contributed by atoms with van der Waals surface area (Å²) in [6.45, 7) is 9.57. The summed E-state index contributed by atoms with van der Waals surface area (Å²) in [5.74, 6) is -0.531. The van der Waals surface area contributed by atoms with Crippen molar-refractivity contribution in [3.8, 4) is 0 Å². The van der Waals surface area contributed by atoms with Crippen molar-refractivity contribution in [2.45, 2.75) is 39.3 Å². The number of ether oxygens (including phenoxy) is 2. The normalized spacial score (nSPS) is 11.4. The maximum atomic E-state index is 11.5. The predicted octanol–water partition coefficient (Wildman–Crippen LogP) is 2.18. The molecule has 0 amide bonds. The number of rotatable bonds is 8. The Morgan fingerprint density at radius 2 is 2.15 bits per heavy atom. The Kier molecular flexibility index (Phi) is 6.09. The number of aromatic nitrogens is 2. The highest BCUT2D eigenvalue weighted by atomic mass is 28.3. The zero-order valence-electron chi connectivity index (χ0n) is 12.5. The smallest absolute Gasteiger partial charge is 0.358 e. The number of esters is 1. The number of nitrogens with zero attached hydrogens (tertiary/aromatic N) is 2. The maximum absolute atomic E-state index is 11.5. The van der Waals surface area contributed by atoms with Gasteiger partial charge in [-0.3, -0.25) is 4.79 Å². The average molecular weight is 298 g/mol. The number of hydrogen-bond donors (Lipinski definition) is 0. The summed E-state index contributed by atoms with van der Waals surface area (Å²) in [5, 5.41) is 4.03. The summed E-state index contributed by atoms with van der Waals surface area (Å²) in [5.41, 5.74) is 0.434. The first-order valence-corrected chi connectivity index (χ1v) is 10.4. The van der Waals surface area contributed by atoms with Crippen LogP contribution in [0.3, 0.4) is 0 Å². The standard InChI is InChI=1S/C13H22N2O4Si/c1-5-19-13(17)12-8-11(9-16)15(14-12)10-18-6-7-20(2,3)4/h8-9H,5-7,10H2,1-4H3. The molecule has 20 heavy (non-hydrogen) atoms. The molecule has 0 bridgehead atoms. The van der Waals surface area contributed by atoms with E-state index in [2.05, 4.69) is 24.7 Å². The van der Waals surface area contributed by atoms with Gasteiger partial charge >= 0.3 is 5.97 Å². The van der Waals surface area contributed by atoms with Crippen LogP contribution in [0, 0.1) is 0 Å². The molecule has 0 saturated carbocycles. The van der Waals surface area contributed by atoms with Gasteiger partial charge in [-0.05, 0) is 13.0 Å². The molecule has 6 nitrogen and oxygen atoms in total. The summed E-state index contributed by atoms with van der Waals surface area (Å²) < 4.78 is 11.7. The Morgan fingerprint density at radius 3 is 2.70 bits per heavy atom. The van der Waals surface area contributed by atoms with Crippen LogP contribution in [0.1, 0.15) is 27.9 Å². The van der Waals surface area contributed by atoms with Gasteiger partial charge in [-0.25, -0.2) is 9.48 Å². The van der Waals surface area contributed by atoms with Gasteiger partial charge in [0.15, 0.2) is 12.0 Å². The first kappa shape index (κ1) is 16.6. The Morgan fingerprint density at radius 1 is 1.45 bits per heavy atom. The second-order valence-electron chi connectivity index (χ2n) is 5.64. The third-order valence-electron chi connectivity index (χ3n) is 2.63. The van der Waals surface area contributed by atoms with Crippen molar-refractivity contribution >= 4 is 20.3 Å². The molecule has 0 aliphatic rings. The lowest BCUT2D eigenvalue weighted by Crippen LogP contribution is -2.22. The van der Waals surface area contributed by atoms with E-state index < -0.39 is 14.0 Å². The van der Waals surface area contributed by atoms with Crippen LogP contribution in [0.4, 0.5) is 0 Å². The summed E-state index contributed by atoms with van der Waals surface area (Å²) >= 11 is 0. The van der Waals surface area contributed by atoms with E-state index in [0.29, 0.717) is 18.6 Å². The quantitative estimate of drug-likeness (QED) is 0.318. The molecule has 7 heteroatoms. The summed E-state index contributed by atoms with van der Waals surface area (Å²) in [6, 6.07) is 2.45. The minimum Gasteiger partial charge on any atom is -0.461 e. The van der Waals surface area contributed by atoms with Gasteiger partial charge < -0.3 is 9.47 Å². The first-order valence-electron chi connectivity index (χ1n) is 6.65. The number of carbonyl (C=O) groups excluding carboxylic acids is 2. The van der Waals surface area contributed by atoms with Crippen molar-refractivity contribution in [1.29, 1.82) is 0 Å². The highest BCUT2D eigenvalue weighted by molar-refractivity contribution is 6.76. The SMILES string of the molecule is CCOC(=O)c1cc(C=O)n(COCC[Si](C)(C)C)n1. The lowest BCUT2D eigenvalue weighted by molar-refractivity contribution is 0.0509. The van der Waals surface area contributed by atoms with Gasteiger partial charge in [-0.15, -0.1) is 0 Å². The fourth-order valence-corrected chi connectivity index (χ4v) is 2.22. The van der Waals surface area contributed by atoms with E-state index in [9.17, 15) is 9.59 Å². The number of hydrogen-bond acceptors (Lipinski definition) is 5. The van der Waals surface area contributed by atoms with E-state index in [1.165, 1.54) is 10.7 Å². The lowest BCUT2D eigenvalue weighted by Gasteiger charge is -2.15. The highest BCUT2D eigenvalue weighted by Gasteiger charge is 2.16. The van der Waals surface area contributed by atoms with Crippen LogP contribution in [0.15, 0.2) is 6.07 Å². The fourth-order valence-electron chi connectivity index (χ4n) is 1.46. The molecule has 0 aliphatic heterocycles. The highest BCUT2D eigenvalue weighted by Crippen LogP contribution is 2.09. The van der Waals surface area contributed by atoms with Crippen LogP contribution in [0.5, 0.6) is 0 Å². The van der Waals surface area contributed by atoms with Crippen LogP contribution >= 0.6 is 0 Å². The van der Waals surface area contributed by atoms with Crippen molar-refractivity contribution in [3.63, 3.8) is 0 Å². The molecule has 0 saturated heterocycles. The van der Waals surface area contributed by atoms with Crippen molar-refractivity contribution in [1.82, 2.24) is 9.78 Å². The average Bonchev–Trinajstić information content (AvgIpc) is 2.77. The van der Waals surface area contributed by atoms with E-state index in [0.717, 1.165) is 6.04 Å². The van der Waals surface area contributed by atoms with Crippen LogP contribution < -0.4 is 0 Å². The maximum Gasteiger partial charge on any atom is 0.358 e. The van der Waals surface area contributed by atoms with E-state index in [-0.39, 0.29) is 19.0 Å². The summed E-state index contributed by atoms with van der Waals surface area (Å²) in [7, 11) is -1.14. The molecular weight excluding hydrogens is 276 g/mol. The lowest BCUT2D eigenvalue weighted by atomic mass is 10.4. The van der Waals surface area contributed by atoms with Gasteiger partial charge in [0.2, 0.25) is 0 Å². The van der Waals surface area contributed by atoms with Crippen LogP contribution in [-0.4, -0.2) is 43.3 Å². The molecule has 0 atom stereocenters. The molecule has 112 valence electrons.